The molecule has 0 bridgehead atoms. The fourth-order valence-corrected chi connectivity index (χ4v) is 2.47. The summed E-state index contributed by atoms with van der Waals surface area (Å²) in [6.07, 6.45) is 1.55. The van der Waals surface area contributed by atoms with Crippen LogP contribution in [0.5, 0.6) is 0 Å². The number of carbonyl (C=O) groups is 2. The van der Waals surface area contributed by atoms with Gasteiger partial charge in [0.1, 0.15) is 0 Å². The summed E-state index contributed by atoms with van der Waals surface area (Å²) in [7, 11) is 0. The van der Waals surface area contributed by atoms with Crippen molar-refractivity contribution >= 4 is 17.6 Å². The first kappa shape index (κ1) is 15.3. The minimum absolute atomic E-state index is 0.0341. The maximum atomic E-state index is 12.2. The van der Waals surface area contributed by atoms with Crippen LogP contribution in [-0.4, -0.2) is 29.9 Å². The van der Waals surface area contributed by atoms with Crippen LogP contribution in [0, 0.1) is 5.92 Å². The first-order valence-electron chi connectivity index (χ1n) is 7.18. The van der Waals surface area contributed by atoms with E-state index in [-0.39, 0.29) is 23.9 Å². The first-order chi connectivity index (χ1) is 9.97. The Morgan fingerprint density at radius 2 is 2.00 bits per heavy atom. The lowest BCUT2D eigenvalue weighted by Crippen LogP contribution is -2.45. The quantitative estimate of drug-likeness (QED) is 0.785. The van der Waals surface area contributed by atoms with Crippen LogP contribution in [0.4, 0.5) is 10.5 Å². The van der Waals surface area contributed by atoms with Crippen molar-refractivity contribution in [2.45, 2.75) is 25.8 Å². The van der Waals surface area contributed by atoms with Gasteiger partial charge in [0.25, 0.3) is 0 Å². The number of piperidine rings is 1. The molecule has 2 atom stereocenters. The number of hydrogen-bond donors (Lipinski definition) is 3. The Bertz CT molecular complexity index is 513. The average Bonchev–Trinajstić information content (AvgIpc) is 2.48. The molecule has 1 aromatic carbocycles. The topological polar surface area (TPSA) is 101 Å². The van der Waals surface area contributed by atoms with Gasteiger partial charge < -0.3 is 21.7 Å². The number of anilines is 1. The lowest BCUT2D eigenvalue weighted by atomic mass is 9.98. The van der Waals surface area contributed by atoms with Gasteiger partial charge in [-0.1, -0.05) is 12.1 Å². The summed E-state index contributed by atoms with van der Waals surface area (Å²) in [6, 6.07) is 7.20. The fourth-order valence-electron chi connectivity index (χ4n) is 2.47. The van der Waals surface area contributed by atoms with E-state index in [1.54, 1.807) is 4.90 Å². The molecular weight excluding hydrogens is 268 g/mol. The van der Waals surface area contributed by atoms with Crippen molar-refractivity contribution in [1.29, 1.82) is 0 Å². The van der Waals surface area contributed by atoms with Crippen LogP contribution < -0.4 is 16.8 Å². The number of rotatable bonds is 3. The number of nitrogens with zero attached hydrogens (tertiary/aromatic N) is 1. The SMILES string of the molecule is CC(N)c1ccc(NC(=O)N2CCCC(C(N)=O)C2)cc1. The lowest BCUT2D eigenvalue weighted by Gasteiger charge is -2.31. The second-order valence-electron chi connectivity index (χ2n) is 5.53. The second kappa shape index (κ2) is 6.58. The Labute approximate surface area is 124 Å². The molecule has 2 unspecified atom stereocenters. The van der Waals surface area contributed by atoms with Crippen molar-refractivity contribution in [2.75, 3.05) is 18.4 Å². The number of carbonyl (C=O) groups excluding carboxylic acids is 2. The molecule has 2 rings (SSSR count). The molecule has 5 N–H and O–H groups in total. The minimum atomic E-state index is -0.339. The van der Waals surface area contributed by atoms with Crippen LogP contribution in [0.25, 0.3) is 0 Å². The molecule has 1 saturated heterocycles. The molecule has 1 fully saturated rings. The summed E-state index contributed by atoms with van der Waals surface area (Å²) in [6.45, 7) is 2.94. The Balaban J connectivity index is 1.96. The van der Waals surface area contributed by atoms with E-state index < -0.39 is 0 Å². The molecule has 6 heteroatoms. The highest BCUT2D eigenvalue weighted by atomic mass is 16.2. The highest BCUT2D eigenvalue weighted by Crippen LogP contribution is 2.18. The van der Waals surface area contributed by atoms with E-state index in [9.17, 15) is 9.59 Å². The molecule has 1 aliphatic rings. The zero-order valence-electron chi connectivity index (χ0n) is 12.2. The maximum absolute atomic E-state index is 12.2. The number of likely N-dealkylation sites (tertiary alicyclic amines) is 1. The van der Waals surface area contributed by atoms with Gasteiger partial charge in [0, 0.05) is 24.8 Å². The standard InChI is InChI=1S/C15H22N4O2/c1-10(16)11-4-6-13(7-5-11)18-15(21)19-8-2-3-12(9-19)14(17)20/h4-7,10,12H,2-3,8-9,16H2,1H3,(H2,17,20)(H,18,21). The maximum Gasteiger partial charge on any atom is 0.321 e. The zero-order valence-corrected chi connectivity index (χ0v) is 12.2. The first-order valence-corrected chi connectivity index (χ1v) is 7.18. The lowest BCUT2D eigenvalue weighted by molar-refractivity contribution is -0.123. The summed E-state index contributed by atoms with van der Waals surface area (Å²) in [5.41, 5.74) is 12.8. The molecule has 1 aliphatic heterocycles. The van der Waals surface area contributed by atoms with Crippen molar-refractivity contribution < 1.29 is 9.59 Å². The molecule has 0 spiro atoms. The van der Waals surface area contributed by atoms with Gasteiger partial charge in [-0.3, -0.25) is 4.79 Å². The Kier molecular flexibility index (Phi) is 4.80. The number of urea groups is 1. The molecular formula is C15H22N4O2. The number of nitrogens with one attached hydrogen (secondary N) is 1. The molecule has 1 heterocycles. The van der Waals surface area contributed by atoms with Gasteiger partial charge in [0.05, 0.1) is 5.92 Å². The van der Waals surface area contributed by atoms with Crippen LogP contribution in [0.3, 0.4) is 0 Å². The van der Waals surface area contributed by atoms with E-state index in [2.05, 4.69) is 5.32 Å². The van der Waals surface area contributed by atoms with Crippen LogP contribution in [0.15, 0.2) is 24.3 Å². The van der Waals surface area contributed by atoms with E-state index in [0.29, 0.717) is 18.8 Å². The highest BCUT2D eigenvalue weighted by Gasteiger charge is 2.26. The monoisotopic (exact) mass is 290 g/mol. The van der Waals surface area contributed by atoms with Crippen LogP contribution in [0.2, 0.25) is 0 Å². The minimum Gasteiger partial charge on any atom is -0.369 e. The van der Waals surface area contributed by atoms with Gasteiger partial charge in [0.2, 0.25) is 5.91 Å². The number of nitrogens with two attached hydrogens (primary N) is 2. The largest absolute Gasteiger partial charge is 0.369 e. The normalized spacial score (nSPS) is 19.9. The number of hydrogen-bond acceptors (Lipinski definition) is 3. The van der Waals surface area contributed by atoms with Crippen molar-refractivity contribution in [2.24, 2.45) is 17.4 Å². The number of amides is 3. The van der Waals surface area contributed by atoms with Crippen LogP contribution in [0.1, 0.15) is 31.4 Å². The van der Waals surface area contributed by atoms with E-state index in [1.165, 1.54) is 0 Å². The molecule has 0 saturated carbocycles. The van der Waals surface area contributed by atoms with Crippen LogP contribution in [-0.2, 0) is 4.79 Å². The van der Waals surface area contributed by atoms with Crippen molar-refractivity contribution in [3.63, 3.8) is 0 Å². The summed E-state index contributed by atoms with van der Waals surface area (Å²) in [5, 5.41) is 2.83. The van der Waals surface area contributed by atoms with Gasteiger partial charge >= 0.3 is 6.03 Å². The molecule has 114 valence electrons. The molecule has 0 aromatic heterocycles. The summed E-state index contributed by atoms with van der Waals surface area (Å²) in [5.74, 6) is -0.584. The number of primary amides is 1. The summed E-state index contributed by atoms with van der Waals surface area (Å²) < 4.78 is 0. The average molecular weight is 290 g/mol. The summed E-state index contributed by atoms with van der Waals surface area (Å²) >= 11 is 0. The van der Waals surface area contributed by atoms with E-state index in [1.807, 2.05) is 31.2 Å². The number of benzene rings is 1. The third-order valence-electron chi connectivity index (χ3n) is 3.80. The highest BCUT2D eigenvalue weighted by molar-refractivity contribution is 5.90. The molecule has 6 nitrogen and oxygen atoms in total. The molecule has 21 heavy (non-hydrogen) atoms. The van der Waals surface area contributed by atoms with E-state index in [4.69, 9.17) is 11.5 Å². The predicted octanol–water partition coefficient (Wildman–Crippen LogP) is 1.44. The Hall–Kier alpha value is -2.08. The zero-order chi connectivity index (χ0) is 15.4. The van der Waals surface area contributed by atoms with Crippen molar-refractivity contribution in [3.05, 3.63) is 29.8 Å². The molecule has 3 amide bonds. The van der Waals surface area contributed by atoms with E-state index >= 15 is 0 Å². The van der Waals surface area contributed by atoms with Crippen molar-refractivity contribution in [1.82, 2.24) is 4.90 Å². The van der Waals surface area contributed by atoms with E-state index in [0.717, 1.165) is 18.4 Å². The fraction of sp³-hybridized carbons (Fsp3) is 0.467. The third kappa shape index (κ3) is 3.95. The predicted molar refractivity (Wildman–Crippen MR) is 81.6 cm³/mol. The van der Waals surface area contributed by atoms with Crippen molar-refractivity contribution in [3.8, 4) is 0 Å². The molecule has 1 aromatic rings. The van der Waals surface area contributed by atoms with Gasteiger partial charge in [-0.05, 0) is 37.5 Å². The smallest absolute Gasteiger partial charge is 0.321 e. The second-order valence-corrected chi connectivity index (χ2v) is 5.53. The van der Waals surface area contributed by atoms with Gasteiger partial charge in [-0.2, -0.15) is 0 Å². The molecule has 0 aliphatic carbocycles. The van der Waals surface area contributed by atoms with Crippen LogP contribution >= 0.6 is 0 Å². The molecule has 0 radical (unpaired) electrons. The van der Waals surface area contributed by atoms with Gasteiger partial charge in [-0.25, -0.2) is 4.79 Å². The van der Waals surface area contributed by atoms with Gasteiger partial charge in [0.15, 0.2) is 0 Å². The van der Waals surface area contributed by atoms with Gasteiger partial charge in [-0.15, -0.1) is 0 Å². The third-order valence-corrected chi connectivity index (χ3v) is 3.80. The summed E-state index contributed by atoms with van der Waals surface area (Å²) in [4.78, 5) is 25.1. The Morgan fingerprint density at radius 1 is 1.33 bits per heavy atom. The Morgan fingerprint density at radius 3 is 2.57 bits per heavy atom.